The first-order chi connectivity index (χ1) is 10.1. The second-order valence-electron chi connectivity index (χ2n) is 4.75. The summed E-state index contributed by atoms with van der Waals surface area (Å²) in [6, 6.07) is 13.1. The largest absolute Gasteiger partial charge is 0.492 e. The number of ether oxygens (including phenoxy) is 1. The van der Waals surface area contributed by atoms with Gasteiger partial charge in [0.25, 0.3) is 5.91 Å². The van der Waals surface area contributed by atoms with Crippen molar-refractivity contribution in [3.63, 3.8) is 0 Å². The lowest BCUT2D eigenvalue weighted by Gasteiger charge is -2.09. The van der Waals surface area contributed by atoms with E-state index in [4.69, 9.17) is 16.3 Å². The predicted octanol–water partition coefficient (Wildman–Crippen LogP) is 3.98. The monoisotopic (exact) mass is 303 g/mol. The quantitative estimate of drug-likeness (QED) is 0.907. The third-order valence-corrected chi connectivity index (χ3v) is 3.36. The third-order valence-electron chi connectivity index (χ3n) is 3.07. The Bertz CT molecular complexity index is 623. The fourth-order valence-electron chi connectivity index (χ4n) is 1.90. The highest BCUT2D eigenvalue weighted by molar-refractivity contribution is 6.32. The first-order valence-electron chi connectivity index (χ1n) is 6.86. The van der Waals surface area contributed by atoms with Crippen molar-refractivity contribution in [3.8, 4) is 5.75 Å². The number of nitrogens with one attached hydrogen (secondary N) is 1. The first-order valence-corrected chi connectivity index (χ1v) is 7.24. The summed E-state index contributed by atoms with van der Waals surface area (Å²) < 4.78 is 5.35. The van der Waals surface area contributed by atoms with E-state index in [1.807, 2.05) is 38.1 Å². The molecule has 21 heavy (non-hydrogen) atoms. The van der Waals surface area contributed by atoms with Gasteiger partial charge in [-0.2, -0.15) is 0 Å². The van der Waals surface area contributed by atoms with Crippen LogP contribution < -0.4 is 10.1 Å². The summed E-state index contributed by atoms with van der Waals surface area (Å²) in [5.41, 5.74) is 2.78. The lowest BCUT2D eigenvalue weighted by molar-refractivity contribution is 0.0951. The van der Waals surface area contributed by atoms with Crippen molar-refractivity contribution in [2.24, 2.45) is 0 Å². The van der Waals surface area contributed by atoms with E-state index < -0.39 is 0 Å². The first kappa shape index (κ1) is 15.4. The van der Waals surface area contributed by atoms with Gasteiger partial charge in [-0.1, -0.05) is 41.4 Å². The van der Waals surface area contributed by atoms with Gasteiger partial charge in [0.2, 0.25) is 0 Å². The molecule has 0 atom stereocenters. The minimum Gasteiger partial charge on any atom is -0.492 e. The number of amides is 1. The maximum Gasteiger partial charge on any atom is 0.251 e. The third kappa shape index (κ3) is 4.23. The number of aryl methyl sites for hydroxylation is 1. The zero-order valence-corrected chi connectivity index (χ0v) is 12.9. The van der Waals surface area contributed by atoms with Gasteiger partial charge < -0.3 is 10.1 Å². The summed E-state index contributed by atoms with van der Waals surface area (Å²) in [6.07, 6.45) is 0. The zero-order chi connectivity index (χ0) is 15.2. The van der Waals surface area contributed by atoms with Gasteiger partial charge in [-0.15, -0.1) is 0 Å². The Morgan fingerprint density at radius 3 is 2.52 bits per heavy atom. The Kier molecular flexibility index (Phi) is 5.23. The van der Waals surface area contributed by atoms with Gasteiger partial charge in [0.15, 0.2) is 0 Å². The van der Waals surface area contributed by atoms with Crippen LogP contribution in [0.25, 0.3) is 0 Å². The maximum absolute atomic E-state index is 12.1. The van der Waals surface area contributed by atoms with Crippen LogP contribution in [0.4, 0.5) is 0 Å². The van der Waals surface area contributed by atoms with Crippen molar-refractivity contribution in [2.45, 2.75) is 20.4 Å². The molecule has 1 N–H and O–H groups in total. The van der Waals surface area contributed by atoms with E-state index in [1.165, 1.54) is 5.56 Å². The highest BCUT2D eigenvalue weighted by Gasteiger charge is 2.09. The van der Waals surface area contributed by atoms with Crippen LogP contribution in [0.2, 0.25) is 5.02 Å². The van der Waals surface area contributed by atoms with Crippen LogP contribution in [0.5, 0.6) is 5.75 Å². The van der Waals surface area contributed by atoms with E-state index >= 15 is 0 Å². The van der Waals surface area contributed by atoms with Crippen LogP contribution in [0.1, 0.15) is 28.4 Å². The molecular formula is C17H18ClNO2. The van der Waals surface area contributed by atoms with Crippen LogP contribution >= 0.6 is 11.6 Å². The van der Waals surface area contributed by atoms with Crippen LogP contribution in [0, 0.1) is 6.92 Å². The SMILES string of the molecule is CCOc1ccc(C(=O)NCc2ccc(C)cc2)cc1Cl. The summed E-state index contributed by atoms with van der Waals surface area (Å²) in [4.78, 5) is 12.1. The normalized spacial score (nSPS) is 10.2. The summed E-state index contributed by atoms with van der Waals surface area (Å²) in [6.45, 7) is 4.95. The molecule has 2 aromatic rings. The average molecular weight is 304 g/mol. The molecule has 0 aliphatic heterocycles. The van der Waals surface area contributed by atoms with E-state index in [0.29, 0.717) is 29.5 Å². The topological polar surface area (TPSA) is 38.3 Å². The summed E-state index contributed by atoms with van der Waals surface area (Å²) in [7, 11) is 0. The molecule has 0 bridgehead atoms. The van der Waals surface area contributed by atoms with Crippen molar-refractivity contribution < 1.29 is 9.53 Å². The fourth-order valence-corrected chi connectivity index (χ4v) is 2.14. The number of hydrogen-bond acceptors (Lipinski definition) is 2. The minimum absolute atomic E-state index is 0.152. The molecule has 0 saturated carbocycles. The molecule has 4 heteroatoms. The molecule has 0 fully saturated rings. The Hall–Kier alpha value is -2.00. The number of carbonyl (C=O) groups excluding carboxylic acids is 1. The number of benzene rings is 2. The van der Waals surface area contributed by atoms with Gasteiger partial charge in [-0.25, -0.2) is 0 Å². The molecule has 0 saturated heterocycles. The number of carbonyl (C=O) groups is 1. The van der Waals surface area contributed by atoms with E-state index in [0.717, 1.165) is 5.56 Å². The van der Waals surface area contributed by atoms with E-state index in [1.54, 1.807) is 18.2 Å². The van der Waals surface area contributed by atoms with Gasteiger partial charge in [0, 0.05) is 12.1 Å². The summed E-state index contributed by atoms with van der Waals surface area (Å²) in [5, 5.41) is 3.32. The Labute approximate surface area is 129 Å². The molecule has 0 unspecified atom stereocenters. The summed E-state index contributed by atoms with van der Waals surface area (Å²) in [5.74, 6) is 0.440. The molecule has 0 aliphatic rings. The predicted molar refractivity (Wildman–Crippen MR) is 85.0 cm³/mol. The zero-order valence-electron chi connectivity index (χ0n) is 12.2. The van der Waals surface area contributed by atoms with E-state index in [-0.39, 0.29) is 5.91 Å². The van der Waals surface area contributed by atoms with E-state index in [2.05, 4.69) is 5.32 Å². The molecule has 2 aromatic carbocycles. The van der Waals surface area contributed by atoms with Gasteiger partial charge in [0.1, 0.15) is 5.75 Å². The van der Waals surface area contributed by atoms with Crippen molar-refractivity contribution in [3.05, 3.63) is 64.2 Å². The molecule has 0 heterocycles. The fraction of sp³-hybridized carbons (Fsp3) is 0.235. The Morgan fingerprint density at radius 1 is 1.19 bits per heavy atom. The van der Waals surface area contributed by atoms with Crippen LogP contribution in [-0.2, 0) is 6.54 Å². The lowest BCUT2D eigenvalue weighted by Crippen LogP contribution is -2.22. The lowest BCUT2D eigenvalue weighted by atomic mass is 10.1. The standard InChI is InChI=1S/C17H18ClNO2/c1-3-21-16-9-8-14(10-15(16)18)17(20)19-11-13-6-4-12(2)5-7-13/h4-10H,3,11H2,1-2H3,(H,19,20). The van der Waals surface area contributed by atoms with Gasteiger partial charge in [0.05, 0.1) is 11.6 Å². The molecule has 0 radical (unpaired) electrons. The second kappa shape index (κ2) is 7.14. The molecule has 0 aliphatic carbocycles. The molecular weight excluding hydrogens is 286 g/mol. The summed E-state index contributed by atoms with van der Waals surface area (Å²) >= 11 is 6.08. The van der Waals surface area contributed by atoms with E-state index in [9.17, 15) is 4.79 Å². The molecule has 3 nitrogen and oxygen atoms in total. The molecule has 0 spiro atoms. The van der Waals surface area contributed by atoms with Crippen LogP contribution in [0.15, 0.2) is 42.5 Å². The van der Waals surface area contributed by atoms with Crippen LogP contribution in [-0.4, -0.2) is 12.5 Å². The smallest absolute Gasteiger partial charge is 0.251 e. The highest BCUT2D eigenvalue weighted by Crippen LogP contribution is 2.25. The molecule has 2 rings (SSSR count). The highest BCUT2D eigenvalue weighted by atomic mass is 35.5. The van der Waals surface area contributed by atoms with Crippen molar-refractivity contribution in [1.82, 2.24) is 5.32 Å². The number of hydrogen-bond donors (Lipinski definition) is 1. The second-order valence-corrected chi connectivity index (χ2v) is 5.15. The van der Waals surface area contributed by atoms with Crippen molar-refractivity contribution in [1.29, 1.82) is 0 Å². The van der Waals surface area contributed by atoms with Gasteiger partial charge in [-0.05, 0) is 37.6 Å². The van der Waals surface area contributed by atoms with Gasteiger partial charge in [-0.3, -0.25) is 4.79 Å². The Balaban J connectivity index is 2.00. The minimum atomic E-state index is -0.152. The molecule has 0 aromatic heterocycles. The maximum atomic E-state index is 12.1. The van der Waals surface area contributed by atoms with Gasteiger partial charge >= 0.3 is 0 Å². The Morgan fingerprint density at radius 2 is 1.90 bits per heavy atom. The number of rotatable bonds is 5. The molecule has 1 amide bonds. The van der Waals surface area contributed by atoms with Crippen LogP contribution in [0.3, 0.4) is 0 Å². The van der Waals surface area contributed by atoms with Crippen molar-refractivity contribution >= 4 is 17.5 Å². The average Bonchev–Trinajstić information content (AvgIpc) is 2.48. The molecule has 110 valence electrons. The number of halogens is 1. The van der Waals surface area contributed by atoms with Crippen molar-refractivity contribution in [2.75, 3.05) is 6.61 Å².